The second-order valence-electron chi connectivity index (χ2n) is 4.67. The molecule has 1 aromatic rings. The SMILES string of the molecule is COC(=O)c1ccc(N(C)CCN2CCCC2=O)nn1. The molecule has 0 N–H and O–H groups in total. The lowest BCUT2D eigenvalue weighted by Crippen LogP contribution is -2.34. The van der Waals surface area contributed by atoms with Crippen LogP contribution in [0.2, 0.25) is 0 Å². The Morgan fingerprint density at radius 2 is 2.25 bits per heavy atom. The second-order valence-corrected chi connectivity index (χ2v) is 4.67. The minimum absolute atomic E-state index is 0.180. The molecule has 0 aliphatic carbocycles. The van der Waals surface area contributed by atoms with Crippen molar-refractivity contribution in [1.82, 2.24) is 15.1 Å². The Bertz CT molecular complexity index is 489. The summed E-state index contributed by atoms with van der Waals surface area (Å²) in [5, 5.41) is 7.80. The Morgan fingerprint density at radius 1 is 1.45 bits per heavy atom. The van der Waals surface area contributed by atoms with Gasteiger partial charge < -0.3 is 14.5 Å². The van der Waals surface area contributed by atoms with Crippen LogP contribution in [0.15, 0.2) is 12.1 Å². The van der Waals surface area contributed by atoms with Crippen molar-refractivity contribution in [3.8, 4) is 0 Å². The van der Waals surface area contributed by atoms with Gasteiger partial charge in [0.2, 0.25) is 5.91 Å². The summed E-state index contributed by atoms with van der Waals surface area (Å²) in [6, 6.07) is 3.29. The van der Waals surface area contributed by atoms with Gasteiger partial charge in [0.05, 0.1) is 7.11 Å². The van der Waals surface area contributed by atoms with Gasteiger partial charge in [-0.1, -0.05) is 0 Å². The van der Waals surface area contributed by atoms with Crippen LogP contribution in [-0.4, -0.2) is 60.8 Å². The highest BCUT2D eigenvalue weighted by Crippen LogP contribution is 2.11. The Hall–Kier alpha value is -2.18. The Morgan fingerprint density at radius 3 is 2.80 bits per heavy atom. The van der Waals surface area contributed by atoms with E-state index in [1.165, 1.54) is 7.11 Å². The number of methoxy groups -OCH3 is 1. The fourth-order valence-corrected chi connectivity index (χ4v) is 2.07. The van der Waals surface area contributed by atoms with E-state index in [1.54, 1.807) is 12.1 Å². The van der Waals surface area contributed by atoms with Crippen LogP contribution in [0.3, 0.4) is 0 Å². The van der Waals surface area contributed by atoms with Crippen molar-refractivity contribution >= 4 is 17.7 Å². The maximum Gasteiger partial charge on any atom is 0.358 e. The van der Waals surface area contributed by atoms with Gasteiger partial charge in [0, 0.05) is 33.1 Å². The molecule has 0 saturated carbocycles. The summed E-state index contributed by atoms with van der Waals surface area (Å²) >= 11 is 0. The predicted octanol–water partition coefficient (Wildman–Crippen LogP) is 0.322. The van der Waals surface area contributed by atoms with Gasteiger partial charge in [-0.25, -0.2) is 4.79 Å². The average Bonchev–Trinajstić information content (AvgIpc) is 2.89. The standard InChI is InChI=1S/C13H18N4O3/c1-16(8-9-17-7-3-4-12(17)18)11-6-5-10(14-15-11)13(19)20-2/h5-6H,3-4,7-9H2,1-2H3. The summed E-state index contributed by atoms with van der Waals surface area (Å²) in [4.78, 5) is 26.5. The first-order valence-corrected chi connectivity index (χ1v) is 6.53. The maximum atomic E-state index is 11.5. The molecule has 108 valence electrons. The monoisotopic (exact) mass is 278 g/mol. The summed E-state index contributed by atoms with van der Waals surface area (Å²) < 4.78 is 4.56. The Balaban J connectivity index is 1.90. The zero-order chi connectivity index (χ0) is 14.5. The highest BCUT2D eigenvalue weighted by molar-refractivity contribution is 5.87. The molecule has 0 spiro atoms. The van der Waals surface area contributed by atoms with Gasteiger partial charge in [-0.05, 0) is 18.6 Å². The van der Waals surface area contributed by atoms with E-state index in [0.29, 0.717) is 25.3 Å². The summed E-state index contributed by atoms with van der Waals surface area (Å²) in [5.41, 5.74) is 0.180. The largest absolute Gasteiger partial charge is 0.464 e. The normalized spacial score (nSPS) is 14.5. The van der Waals surface area contributed by atoms with E-state index >= 15 is 0 Å². The van der Waals surface area contributed by atoms with Crippen molar-refractivity contribution in [2.45, 2.75) is 12.8 Å². The highest BCUT2D eigenvalue weighted by Gasteiger charge is 2.20. The van der Waals surface area contributed by atoms with E-state index in [1.807, 2.05) is 16.8 Å². The fourth-order valence-electron chi connectivity index (χ4n) is 2.07. The highest BCUT2D eigenvalue weighted by atomic mass is 16.5. The molecule has 2 rings (SSSR count). The Kier molecular flexibility index (Phi) is 4.49. The van der Waals surface area contributed by atoms with E-state index in [-0.39, 0.29) is 11.6 Å². The number of ether oxygens (including phenoxy) is 1. The van der Waals surface area contributed by atoms with Crippen LogP contribution in [-0.2, 0) is 9.53 Å². The molecule has 1 fully saturated rings. The second kappa shape index (κ2) is 6.31. The minimum Gasteiger partial charge on any atom is -0.464 e. The maximum absolute atomic E-state index is 11.5. The van der Waals surface area contributed by atoms with Crippen LogP contribution < -0.4 is 4.90 Å². The van der Waals surface area contributed by atoms with E-state index in [9.17, 15) is 9.59 Å². The van der Waals surface area contributed by atoms with Gasteiger partial charge >= 0.3 is 5.97 Å². The van der Waals surface area contributed by atoms with Gasteiger partial charge in [-0.2, -0.15) is 0 Å². The van der Waals surface area contributed by atoms with Gasteiger partial charge in [0.1, 0.15) is 0 Å². The van der Waals surface area contributed by atoms with Crippen molar-refractivity contribution in [3.63, 3.8) is 0 Å². The summed E-state index contributed by atoms with van der Waals surface area (Å²) in [7, 11) is 3.18. The number of aromatic nitrogens is 2. The minimum atomic E-state index is -0.505. The van der Waals surface area contributed by atoms with Crippen LogP contribution in [0.25, 0.3) is 0 Å². The Labute approximate surface area is 117 Å². The number of esters is 1. The van der Waals surface area contributed by atoms with Gasteiger partial charge in [0.15, 0.2) is 11.5 Å². The van der Waals surface area contributed by atoms with Crippen molar-refractivity contribution in [3.05, 3.63) is 17.8 Å². The molecule has 1 aliphatic rings. The molecular weight excluding hydrogens is 260 g/mol. The van der Waals surface area contributed by atoms with Gasteiger partial charge in [-0.15, -0.1) is 10.2 Å². The van der Waals surface area contributed by atoms with Crippen LogP contribution >= 0.6 is 0 Å². The van der Waals surface area contributed by atoms with E-state index in [0.717, 1.165) is 13.0 Å². The predicted molar refractivity (Wildman–Crippen MR) is 72.5 cm³/mol. The number of hydrogen-bond donors (Lipinski definition) is 0. The van der Waals surface area contributed by atoms with Crippen LogP contribution in [0.4, 0.5) is 5.82 Å². The molecule has 20 heavy (non-hydrogen) atoms. The average molecular weight is 278 g/mol. The molecule has 1 aromatic heterocycles. The molecule has 0 radical (unpaired) electrons. The number of hydrogen-bond acceptors (Lipinski definition) is 6. The van der Waals surface area contributed by atoms with Crippen molar-refractivity contribution in [1.29, 1.82) is 0 Å². The third-order valence-electron chi connectivity index (χ3n) is 3.31. The smallest absolute Gasteiger partial charge is 0.358 e. The van der Waals surface area contributed by atoms with Crippen LogP contribution in [0.5, 0.6) is 0 Å². The zero-order valence-electron chi connectivity index (χ0n) is 11.7. The summed E-state index contributed by atoms with van der Waals surface area (Å²) in [5.74, 6) is 0.365. The quantitative estimate of drug-likeness (QED) is 0.722. The summed E-state index contributed by atoms with van der Waals surface area (Å²) in [6.45, 7) is 2.19. The molecule has 0 atom stereocenters. The number of amides is 1. The van der Waals surface area contributed by atoms with Gasteiger partial charge in [-0.3, -0.25) is 4.79 Å². The number of likely N-dealkylation sites (N-methyl/N-ethyl adjacent to an activating group) is 1. The number of likely N-dealkylation sites (tertiary alicyclic amines) is 1. The van der Waals surface area contributed by atoms with Crippen molar-refractivity contribution in [2.24, 2.45) is 0 Å². The molecule has 1 aliphatic heterocycles. The van der Waals surface area contributed by atoms with Crippen LogP contribution in [0.1, 0.15) is 23.3 Å². The summed E-state index contributed by atoms with van der Waals surface area (Å²) in [6.07, 6.45) is 1.59. The lowest BCUT2D eigenvalue weighted by molar-refractivity contribution is -0.127. The number of rotatable bonds is 5. The lowest BCUT2D eigenvalue weighted by atomic mass is 10.3. The molecule has 0 unspecified atom stereocenters. The molecule has 0 bridgehead atoms. The lowest BCUT2D eigenvalue weighted by Gasteiger charge is -2.22. The number of anilines is 1. The zero-order valence-corrected chi connectivity index (χ0v) is 11.7. The molecular formula is C13H18N4O3. The molecule has 7 heteroatoms. The topological polar surface area (TPSA) is 75.6 Å². The van der Waals surface area contributed by atoms with Crippen molar-refractivity contribution < 1.29 is 14.3 Å². The first-order chi connectivity index (χ1) is 9.61. The first-order valence-electron chi connectivity index (χ1n) is 6.53. The van der Waals surface area contributed by atoms with E-state index < -0.39 is 5.97 Å². The fraction of sp³-hybridized carbons (Fsp3) is 0.538. The number of nitrogens with zero attached hydrogens (tertiary/aromatic N) is 4. The van der Waals surface area contributed by atoms with Crippen LogP contribution in [0, 0.1) is 0 Å². The molecule has 1 amide bonds. The van der Waals surface area contributed by atoms with E-state index in [2.05, 4.69) is 14.9 Å². The van der Waals surface area contributed by atoms with Crippen molar-refractivity contribution in [2.75, 3.05) is 38.7 Å². The number of carbonyl (C=O) groups is 2. The number of carbonyl (C=O) groups excluding carboxylic acids is 2. The molecule has 0 aromatic carbocycles. The van der Waals surface area contributed by atoms with Gasteiger partial charge in [0.25, 0.3) is 0 Å². The third-order valence-corrected chi connectivity index (χ3v) is 3.31. The first kappa shape index (κ1) is 14.2. The molecule has 7 nitrogen and oxygen atoms in total. The third kappa shape index (κ3) is 3.23. The molecule has 1 saturated heterocycles. The van der Waals surface area contributed by atoms with E-state index in [4.69, 9.17) is 0 Å². The molecule has 2 heterocycles.